The summed E-state index contributed by atoms with van der Waals surface area (Å²) in [6.07, 6.45) is 4.93. The van der Waals surface area contributed by atoms with E-state index in [-0.39, 0.29) is 61.0 Å². The van der Waals surface area contributed by atoms with Gasteiger partial charge < -0.3 is 14.9 Å². The summed E-state index contributed by atoms with van der Waals surface area (Å²) >= 11 is 0. The molecule has 2 N–H and O–H groups in total. The van der Waals surface area contributed by atoms with Crippen molar-refractivity contribution in [3.05, 3.63) is 23.8 Å². The van der Waals surface area contributed by atoms with Crippen LogP contribution in [0.4, 0.5) is 0 Å². The van der Waals surface area contributed by atoms with E-state index in [1.165, 1.54) is 19.1 Å². The molecule has 3 saturated carbocycles. The van der Waals surface area contributed by atoms with Crippen LogP contribution in [-0.2, 0) is 23.9 Å². The van der Waals surface area contributed by atoms with Crippen molar-refractivity contribution in [2.24, 2.45) is 39.4 Å². The van der Waals surface area contributed by atoms with Gasteiger partial charge in [0.15, 0.2) is 11.6 Å². The number of hydrogen-bond acceptors (Lipinski definition) is 7. The lowest BCUT2D eigenvalue weighted by Crippen LogP contribution is -2.63. The number of Topliss-reactive ketones (excluding diaryl/α,β-unsaturated/α-hetero) is 2. The number of allylic oxidation sites excluding steroid dienone is 3. The van der Waals surface area contributed by atoms with Gasteiger partial charge in [-0.05, 0) is 73.8 Å². The summed E-state index contributed by atoms with van der Waals surface area (Å²) in [6.45, 7) is 11.2. The van der Waals surface area contributed by atoms with E-state index in [1.54, 1.807) is 0 Å². The SMILES string of the molecule is CC(=O)OC/C=C/C(=O)C[C@@H]1[C@H](O)C[C@]2(C)[C@@H]3CC=C4[C@H](C[C@H](O)C(=O)C4(C)C)[C@@]3(C)C(=O)C[C@@]12C. The molecule has 0 aromatic carbocycles. The standard InChI is InChI=1S/C29H40O7/c1-16(30)36-11-7-8-17(31)12-20-22(33)14-28(5)23-10-9-18-19(13-21(32)25(35)26(18,2)3)29(23,6)24(34)15-27(20,28)4/h7-9,19-23,32-33H,10-15H2,1-6H3/b8-7+/t19-,20+,21-,22+,23-,27-,28+,29+/m0/s1. The van der Waals surface area contributed by atoms with Crippen molar-refractivity contribution >= 4 is 23.3 Å². The topological polar surface area (TPSA) is 118 Å². The second kappa shape index (κ2) is 8.73. The summed E-state index contributed by atoms with van der Waals surface area (Å²) < 4.78 is 4.85. The van der Waals surface area contributed by atoms with E-state index < -0.39 is 39.8 Å². The molecule has 198 valence electrons. The number of carbonyl (C=O) groups is 4. The normalized spacial score (nSPS) is 43.4. The zero-order chi connectivity index (χ0) is 26.8. The number of carbonyl (C=O) groups excluding carboxylic acids is 4. The fourth-order valence-corrected chi connectivity index (χ4v) is 8.51. The predicted molar refractivity (Wildman–Crippen MR) is 133 cm³/mol. The zero-order valence-corrected chi connectivity index (χ0v) is 22.3. The van der Waals surface area contributed by atoms with Crippen LogP contribution in [0.2, 0.25) is 0 Å². The molecular formula is C29H40O7. The predicted octanol–water partition coefficient (Wildman–Crippen LogP) is 3.36. The Balaban J connectivity index is 1.66. The van der Waals surface area contributed by atoms with Crippen LogP contribution >= 0.6 is 0 Å². The lowest BCUT2D eigenvalue weighted by molar-refractivity contribution is -0.172. The first-order chi connectivity index (χ1) is 16.6. The Morgan fingerprint density at radius 3 is 2.42 bits per heavy atom. The van der Waals surface area contributed by atoms with Gasteiger partial charge in [0.2, 0.25) is 0 Å². The first-order valence-electron chi connectivity index (χ1n) is 13.1. The van der Waals surface area contributed by atoms with Gasteiger partial charge in [-0.3, -0.25) is 19.2 Å². The highest BCUT2D eigenvalue weighted by molar-refractivity contribution is 5.95. The first-order valence-corrected chi connectivity index (χ1v) is 13.1. The maximum Gasteiger partial charge on any atom is 0.302 e. The Kier molecular flexibility index (Phi) is 6.53. The van der Waals surface area contributed by atoms with E-state index in [1.807, 2.05) is 27.7 Å². The van der Waals surface area contributed by atoms with E-state index in [0.717, 1.165) is 5.57 Å². The van der Waals surface area contributed by atoms with E-state index in [0.29, 0.717) is 12.8 Å². The first kappa shape index (κ1) is 26.9. The number of aliphatic hydroxyl groups is 2. The minimum absolute atomic E-state index is 0.0168. The van der Waals surface area contributed by atoms with Crippen molar-refractivity contribution in [2.75, 3.05) is 6.61 Å². The van der Waals surface area contributed by atoms with Gasteiger partial charge in [-0.1, -0.05) is 32.4 Å². The molecule has 0 saturated heterocycles. The van der Waals surface area contributed by atoms with Crippen molar-refractivity contribution in [1.29, 1.82) is 0 Å². The number of esters is 1. The van der Waals surface area contributed by atoms with Gasteiger partial charge in [-0.2, -0.15) is 0 Å². The van der Waals surface area contributed by atoms with Crippen molar-refractivity contribution in [1.82, 2.24) is 0 Å². The van der Waals surface area contributed by atoms with Gasteiger partial charge in [-0.15, -0.1) is 0 Å². The third-order valence-electron chi connectivity index (χ3n) is 10.7. The molecular weight excluding hydrogens is 460 g/mol. The summed E-state index contributed by atoms with van der Waals surface area (Å²) in [5.74, 6) is -1.36. The molecule has 0 bridgehead atoms. The van der Waals surface area contributed by atoms with E-state index in [2.05, 4.69) is 13.0 Å². The minimum Gasteiger partial charge on any atom is -0.462 e. The smallest absolute Gasteiger partial charge is 0.302 e. The van der Waals surface area contributed by atoms with Crippen molar-refractivity contribution < 1.29 is 34.1 Å². The molecule has 0 unspecified atom stereocenters. The van der Waals surface area contributed by atoms with Crippen molar-refractivity contribution in [2.45, 2.75) is 85.9 Å². The minimum atomic E-state index is -1.09. The monoisotopic (exact) mass is 500 g/mol. The summed E-state index contributed by atoms with van der Waals surface area (Å²) in [5.41, 5.74) is -1.59. The quantitative estimate of drug-likeness (QED) is 0.338. The van der Waals surface area contributed by atoms with Crippen LogP contribution in [-0.4, -0.2) is 52.3 Å². The molecule has 0 heterocycles. The Hall–Kier alpha value is -2.12. The van der Waals surface area contributed by atoms with Crippen LogP contribution in [0.5, 0.6) is 0 Å². The molecule has 4 aliphatic carbocycles. The third kappa shape index (κ3) is 3.68. The molecule has 0 amide bonds. The van der Waals surface area contributed by atoms with Gasteiger partial charge in [0.1, 0.15) is 18.5 Å². The van der Waals surface area contributed by atoms with Crippen LogP contribution in [0.25, 0.3) is 0 Å². The molecule has 7 nitrogen and oxygen atoms in total. The lowest BCUT2D eigenvalue weighted by atomic mass is 9.39. The number of rotatable bonds is 5. The average Bonchev–Trinajstić information content (AvgIpc) is 2.96. The van der Waals surface area contributed by atoms with Gasteiger partial charge in [0.25, 0.3) is 0 Å². The van der Waals surface area contributed by atoms with Gasteiger partial charge in [-0.25, -0.2) is 0 Å². The van der Waals surface area contributed by atoms with Gasteiger partial charge in [0.05, 0.1) is 6.10 Å². The molecule has 0 aromatic rings. The van der Waals surface area contributed by atoms with E-state index in [9.17, 15) is 29.4 Å². The van der Waals surface area contributed by atoms with Crippen LogP contribution in [0, 0.1) is 39.4 Å². The molecule has 0 radical (unpaired) electrons. The Morgan fingerprint density at radius 2 is 1.78 bits per heavy atom. The highest BCUT2D eigenvalue weighted by Gasteiger charge is 2.72. The fraction of sp³-hybridized carbons (Fsp3) is 0.724. The largest absolute Gasteiger partial charge is 0.462 e. The second-order valence-electron chi connectivity index (χ2n) is 12.7. The molecule has 36 heavy (non-hydrogen) atoms. The van der Waals surface area contributed by atoms with Crippen LogP contribution in [0.15, 0.2) is 23.8 Å². The summed E-state index contributed by atoms with van der Waals surface area (Å²) in [4.78, 5) is 50.6. The maximum absolute atomic E-state index is 14.1. The van der Waals surface area contributed by atoms with Crippen LogP contribution in [0.1, 0.15) is 73.6 Å². The number of ether oxygens (including phenoxy) is 1. The molecule has 0 aromatic heterocycles. The molecule has 0 aliphatic heterocycles. The van der Waals surface area contributed by atoms with Crippen LogP contribution in [0.3, 0.4) is 0 Å². The molecule has 3 fully saturated rings. The fourth-order valence-electron chi connectivity index (χ4n) is 8.51. The average molecular weight is 501 g/mol. The Bertz CT molecular complexity index is 1050. The molecule has 4 aliphatic rings. The van der Waals surface area contributed by atoms with Crippen molar-refractivity contribution in [3.8, 4) is 0 Å². The second-order valence-corrected chi connectivity index (χ2v) is 12.7. The number of hydrogen-bond donors (Lipinski definition) is 2. The highest BCUT2D eigenvalue weighted by Crippen LogP contribution is 2.73. The van der Waals surface area contributed by atoms with Crippen LogP contribution < -0.4 is 0 Å². The summed E-state index contributed by atoms with van der Waals surface area (Å²) in [6, 6.07) is 0. The number of fused-ring (bicyclic) bond motifs is 5. The zero-order valence-electron chi connectivity index (χ0n) is 22.3. The highest BCUT2D eigenvalue weighted by atomic mass is 16.5. The third-order valence-corrected chi connectivity index (χ3v) is 10.7. The van der Waals surface area contributed by atoms with E-state index >= 15 is 0 Å². The van der Waals surface area contributed by atoms with E-state index in [4.69, 9.17) is 4.74 Å². The molecule has 4 rings (SSSR count). The Labute approximate surface area is 213 Å². The summed E-state index contributed by atoms with van der Waals surface area (Å²) in [5, 5.41) is 21.9. The molecule has 0 spiro atoms. The summed E-state index contributed by atoms with van der Waals surface area (Å²) in [7, 11) is 0. The Morgan fingerprint density at radius 1 is 1.11 bits per heavy atom. The van der Waals surface area contributed by atoms with Gasteiger partial charge in [0, 0.05) is 30.6 Å². The number of ketones is 3. The molecule has 8 atom stereocenters. The molecule has 7 heteroatoms. The number of aliphatic hydroxyl groups excluding tert-OH is 2. The van der Waals surface area contributed by atoms with Gasteiger partial charge >= 0.3 is 5.97 Å². The maximum atomic E-state index is 14.1. The lowest BCUT2D eigenvalue weighted by Gasteiger charge is -2.64. The van der Waals surface area contributed by atoms with Crippen molar-refractivity contribution in [3.63, 3.8) is 0 Å².